The molecule has 22 heavy (non-hydrogen) atoms. The van der Waals surface area contributed by atoms with Gasteiger partial charge in [0.1, 0.15) is 5.57 Å². The molecule has 1 saturated heterocycles. The van der Waals surface area contributed by atoms with Crippen molar-refractivity contribution in [3.8, 4) is 0 Å². The fourth-order valence-corrected chi connectivity index (χ4v) is 2.40. The van der Waals surface area contributed by atoms with Crippen LogP contribution in [0.25, 0.3) is 6.08 Å². The number of cyclic esters (lactones) is 2. The summed E-state index contributed by atoms with van der Waals surface area (Å²) in [6.45, 7) is 2.95. The second-order valence-electron chi connectivity index (χ2n) is 4.97. The average molecular weight is 369 g/mol. The summed E-state index contributed by atoms with van der Waals surface area (Å²) >= 11 is 3.24. The van der Waals surface area contributed by atoms with Crippen LogP contribution >= 0.6 is 15.9 Å². The molecule has 0 radical (unpaired) electrons. The van der Waals surface area contributed by atoms with E-state index in [-0.39, 0.29) is 5.57 Å². The molecule has 0 unspecified atom stereocenters. The SMILES string of the molecule is COC(=O)c1ccc(C=C2C(=O)OC(C)(C)OC2=O)cc1Br. The number of benzene rings is 1. The van der Waals surface area contributed by atoms with Crippen LogP contribution < -0.4 is 0 Å². The third kappa shape index (κ3) is 3.36. The normalized spacial score (nSPS) is 16.6. The summed E-state index contributed by atoms with van der Waals surface area (Å²) in [5.41, 5.74) is 0.653. The Kier molecular flexibility index (Phi) is 4.37. The van der Waals surface area contributed by atoms with Crippen LogP contribution in [0.1, 0.15) is 29.8 Å². The van der Waals surface area contributed by atoms with E-state index in [1.807, 2.05) is 0 Å². The van der Waals surface area contributed by atoms with Crippen LogP contribution in [0.15, 0.2) is 28.2 Å². The van der Waals surface area contributed by atoms with Crippen molar-refractivity contribution in [1.82, 2.24) is 0 Å². The Labute approximate surface area is 135 Å². The summed E-state index contributed by atoms with van der Waals surface area (Å²) in [6, 6.07) is 4.68. The molecule has 0 aromatic heterocycles. The van der Waals surface area contributed by atoms with E-state index in [9.17, 15) is 14.4 Å². The summed E-state index contributed by atoms with van der Waals surface area (Å²) in [5.74, 6) is -3.28. The lowest BCUT2D eigenvalue weighted by molar-refractivity contribution is -0.222. The molecule has 0 amide bonds. The van der Waals surface area contributed by atoms with E-state index >= 15 is 0 Å². The minimum absolute atomic E-state index is 0.211. The highest BCUT2D eigenvalue weighted by Gasteiger charge is 2.38. The number of hydrogen-bond acceptors (Lipinski definition) is 6. The third-order valence-electron chi connectivity index (χ3n) is 2.83. The zero-order valence-electron chi connectivity index (χ0n) is 12.1. The minimum Gasteiger partial charge on any atom is -0.465 e. The first kappa shape index (κ1) is 16.2. The van der Waals surface area contributed by atoms with Crippen LogP contribution in [0.5, 0.6) is 0 Å². The molecule has 0 spiro atoms. The average Bonchev–Trinajstić information content (AvgIpc) is 2.41. The van der Waals surface area contributed by atoms with Crippen molar-refractivity contribution < 1.29 is 28.6 Å². The highest BCUT2D eigenvalue weighted by molar-refractivity contribution is 9.10. The molecular formula is C15H13BrO6. The molecule has 116 valence electrons. The Bertz CT molecular complexity index is 667. The van der Waals surface area contributed by atoms with Crippen LogP contribution in [0, 0.1) is 0 Å². The van der Waals surface area contributed by atoms with Gasteiger partial charge in [0.2, 0.25) is 0 Å². The summed E-state index contributed by atoms with van der Waals surface area (Å²) < 4.78 is 15.1. The molecule has 1 aromatic carbocycles. The lowest BCUT2D eigenvalue weighted by atomic mass is 10.1. The second kappa shape index (κ2) is 5.92. The van der Waals surface area contributed by atoms with Crippen LogP contribution in [-0.2, 0) is 23.8 Å². The van der Waals surface area contributed by atoms with Gasteiger partial charge in [-0.3, -0.25) is 0 Å². The number of hydrogen-bond donors (Lipinski definition) is 0. The van der Waals surface area contributed by atoms with E-state index in [1.165, 1.54) is 33.1 Å². The molecule has 1 aromatic rings. The first-order valence-electron chi connectivity index (χ1n) is 6.30. The maximum atomic E-state index is 11.9. The smallest absolute Gasteiger partial charge is 0.348 e. The first-order chi connectivity index (χ1) is 10.2. The van der Waals surface area contributed by atoms with Crippen molar-refractivity contribution in [2.24, 2.45) is 0 Å². The maximum Gasteiger partial charge on any atom is 0.348 e. The number of halogens is 1. The van der Waals surface area contributed by atoms with Crippen LogP contribution in [0.2, 0.25) is 0 Å². The number of ether oxygens (including phenoxy) is 3. The molecule has 1 heterocycles. The van der Waals surface area contributed by atoms with Crippen molar-refractivity contribution in [3.63, 3.8) is 0 Å². The zero-order chi connectivity index (χ0) is 16.5. The Hall–Kier alpha value is -2.15. The second-order valence-corrected chi connectivity index (χ2v) is 5.82. The topological polar surface area (TPSA) is 78.9 Å². The Morgan fingerprint density at radius 1 is 1.23 bits per heavy atom. The van der Waals surface area contributed by atoms with Gasteiger partial charge in [0.25, 0.3) is 5.79 Å². The summed E-state index contributed by atoms with van der Waals surface area (Å²) in [7, 11) is 1.28. The van der Waals surface area contributed by atoms with E-state index < -0.39 is 23.7 Å². The van der Waals surface area contributed by atoms with Gasteiger partial charge in [0.05, 0.1) is 12.7 Å². The van der Waals surface area contributed by atoms with Gasteiger partial charge >= 0.3 is 17.9 Å². The first-order valence-corrected chi connectivity index (χ1v) is 7.09. The molecule has 2 rings (SSSR count). The highest BCUT2D eigenvalue weighted by Crippen LogP contribution is 2.26. The van der Waals surface area contributed by atoms with E-state index in [1.54, 1.807) is 12.1 Å². The van der Waals surface area contributed by atoms with E-state index in [2.05, 4.69) is 20.7 Å². The van der Waals surface area contributed by atoms with Crippen molar-refractivity contribution in [2.75, 3.05) is 7.11 Å². The minimum atomic E-state index is -1.28. The quantitative estimate of drug-likeness (QED) is 0.453. The molecule has 6 nitrogen and oxygen atoms in total. The van der Waals surface area contributed by atoms with Crippen molar-refractivity contribution in [1.29, 1.82) is 0 Å². The molecule has 1 aliphatic heterocycles. The van der Waals surface area contributed by atoms with Gasteiger partial charge in [-0.25, -0.2) is 14.4 Å². The van der Waals surface area contributed by atoms with Gasteiger partial charge in [-0.2, -0.15) is 0 Å². The van der Waals surface area contributed by atoms with Crippen molar-refractivity contribution in [2.45, 2.75) is 19.6 Å². The largest absolute Gasteiger partial charge is 0.465 e. The Morgan fingerprint density at radius 3 is 2.32 bits per heavy atom. The fraction of sp³-hybridized carbons (Fsp3) is 0.267. The number of carbonyl (C=O) groups excluding carboxylic acids is 3. The summed E-state index contributed by atoms with van der Waals surface area (Å²) in [6.07, 6.45) is 1.34. The van der Waals surface area contributed by atoms with Gasteiger partial charge < -0.3 is 14.2 Å². The standard InChI is InChI=1S/C15H13BrO6/c1-15(2)21-13(18)10(14(19)22-15)6-8-4-5-9(11(16)7-8)12(17)20-3/h4-7H,1-3H3. The van der Waals surface area contributed by atoms with E-state index in [0.717, 1.165) is 0 Å². The van der Waals surface area contributed by atoms with Crippen LogP contribution in [0.3, 0.4) is 0 Å². The summed E-state index contributed by atoms with van der Waals surface area (Å²) in [5, 5.41) is 0. The molecule has 7 heteroatoms. The van der Waals surface area contributed by atoms with Gasteiger partial charge in [-0.05, 0) is 39.7 Å². The van der Waals surface area contributed by atoms with Gasteiger partial charge in [-0.1, -0.05) is 6.07 Å². The predicted molar refractivity (Wildman–Crippen MR) is 79.7 cm³/mol. The molecule has 0 bridgehead atoms. The molecule has 0 saturated carbocycles. The lowest BCUT2D eigenvalue weighted by Crippen LogP contribution is -2.41. The van der Waals surface area contributed by atoms with Crippen molar-refractivity contribution in [3.05, 3.63) is 39.4 Å². The summed E-state index contributed by atoms with van der Waals surface area (Å²) in [4.78, 5) is 35.2. The van der Waals surface area contributed by atoms with Gasteiger partial charge in [-0.15, -0.1) is 0 Å². The maximum absolute atomic E-state index is 11.9. The highest BCUT2D eigenvalue weighted by atomic mass is 79.9. The fourth-order valence-electron chi connectivity index (χ4n) is 1.84. The molecular weight excluding hydrogens is 356 g/mol. The Morgan fingerprint density at radius 2 is 1.82 bits per heavy atom. The monoisotopic (exact) mass is 368 g/mol. The van der Waals surface area contributed by atoms with Gasteiger partial charge in [0, 0.05) is 18.3 Å². The van der Waals surface area contributed by atoms with E-state index in [4.69, 9.17) is 9.47 Å². The number of rotatable bonds is 2. The molecule has 0 N–H and O–H groups in total. The molecule has 0 aliphatic carbocycles. The zero-order valence-corrected chi connectivity index (χ0v) is 13.7. The molecule has 0 atom stereocenters. The molecule has 1 fully saturated rings. The molecule has 1 aliphatic rings. The Balaban J connectivity index is 2.34. The van der Waals surface area contributed by atoms with Crippen LogP contribution in [-0.4, -0.2) is 30.8 Å². The number of esters is 3. The lowest BCUT2D eigenvalue weighted by Gasteiger charge is -2.29. The van der Waals surface area contributed by atoms with Gasteiger partial charge in [0.15, 0.2) is 0 Å². The number of carbonyl (C=O) groups is 3. The van der Waals surface area contributed by atoms with Crippen molar-refractivity contribution >= 4 is 39.9 Å². The number of methoxy groups -OCH3 is 1. The third-order valence-corrected chi connectivity index (χ3v) is 3.48. The van der Waals surface area contributed by atoms with E-state index in [0.29, 0.717) is 15.6 Å². The predicted octanol–water partition coefficient (Wildman–Crippen LogP) is 2.46. The van der Waals surface area contributed by atoms with Crippen LogP contribution in [0.4, 0.5) is 0 Å².